The average Bonchev–Trinajstić information content (AvgIpc) is 2.83. The maximum atomic E-state index is 13.2. The number of anilines is 1. The first kappa shape index (κ1) is 25.7. The predicted octanol–water partition coefficient (Wildman–Crippen LogP) is 1.71. The van der Waals surface area contributed by atoms with Crippen LogP contribution in [0, 0.1) is 11.8 Å². The smallest absolute Gasteiger partial charge is 0.225 e. The summed E-state index contributed by atoms with van der Waals surface area (Å²) in [5, 5.41) is 4.27. The lowest BCUT2D eigenvalue weighted by Crippen LogP contribution is -2.46. The molecule has 6 N–H and O–H groups in total. The zero-order chi connectivity index (χ0) is 24.5. The van der Waals surface area contributed by atoms with Crippen LogP contribution in [0.4, 0.5) is 5.82 Å². The van der Waals surface area contributed by atoms with Gasteiger partial charge in [-0.2, -0.15) is 0 Å². The number of hydrogen-bond donors (Lipinski definition) is 3. The van der Waals surface area contributed by atoms with Gasteiger partial charge in [0, 0.05) is 49.3 Å². The van der Waals surface area contributed by atoms with Crippen LogP contribution in [-0.2, 0) is 9.63 Å². The summed E-state index contributed by atoms with van der Waals surface area (Å²) in [5.74, 6) is 1.07. The van der Waals surface area contributed by atoms with Crippen molar-refractivity contribution in [2.75, 3.05) is 45.6 Å². The van der Waals surface area contributed by atoms with Gasteiger partial charge in [-0.05, 0) is 75.7 Å². The van der Waals surface area contributed by atoms with Gasteiger partial charge in [0.15, 0.2) is 0 Å². The lowest BCUT2D eigenvalue weighted by atomic mass is 9.87. The molecule has 2 fully saturated rings. The Labute approximate surface area is 202 Å². The molecule has 0 saturated carbocycles. The summed E-state index contributed by atoms with van der Waals surface area (Å²) in [4.78, 5) is 26.9. The molecule has 2 aliphatic rings. The summed E-state index contributed by atoms with van der Waals surface area (Å²) in [6.45, 7) is 6.03. The van der Waals surface area contributed by atoms with Crippen LogP contribution in [0.25, 0.3) is 0 Å². The quantitative estimate of drug-likeness (QED) is 0.299. The summed E-state index contributed by atoms with van der Waals surface area (Å²) in [6.07, 6.45) is 10.7. The average molecular weight is 470 g/mol. The minimum atomic E-state index is -0.0148. The van der Waals surface area contributed by atoms with Gasteiger partial charge in [-0.3, -0.25) is 9.69 Å². The molecule has 186 valence electrons. The molecule has 1 amide bonds. The second-order valence-electron chi connectivity index (χ2n) is 9.24. The summed E-state index contributed by atoms with van der Waals surface area (Å²) in [7, 11) is 1.55. The van der Waals surface area contributed by atoms with Gasteiger partial charge >= 0.3 is 0 Å². The Morgan fingerprint density at radius 1 is 1.21 bits per heavy atom. The third-order valence-corrected chi connectivity index (χ3v) is 6.60. The molecule has 1 aromatic heterocycles. The highest BCUT2D eigenvalue weighted by Crippen LogP contribution is 2.27. The van der Waals surface area contributed by atoms with E-state index in [4.69, 9.17) is 22.0 Å². The molecule has 2 aliphatic heterocycles. The number of aromatic nitrogens is 1. The highest BCUT2D eigenvalue weighted by Gasteiger charge is 2.32. The topological polar surface area (TPSA) is 136 Å². The first-order chi connectivity index (χ1) is 16.4. The maximum Gasteiger partial charge on any atom is 0.225 e. The number of rotatable bonds is 8. The molecule has 1 unspecified atom stereocenters. The van der Waals surface area contributed by atoms with Gasteiger partial charge in [-0.15, -0.1) is 0 Å². The van der Waals surface area contributed by atoms with E-state index < -0.39 is 0 Å². The molecule has 0 aliphatic carbocycles. The van der Waals surface area contributed by atoms with Crippen LogP contribution >= 0.6 is 0 Å². The van der Waals surface area contributed by atoms with Gasteiger partial charge in [-0.25, -0.2) is 4.98 Å². The molecule has 3 rings (SSSR count). The fraction of sp³-hybridized carbons (Fsp3) is 0.560. The summed E-state index contributed by atoms with van der Waals surface area (Å²) < 4.78 is 0. The number of pyridine rings is 1. The van der Waals surface area contributed by atoms with Crippen molar-refractivity contribution in [1.29, 1.82) is 0 Å². The van der Waals surface area contributed by atoms with Crippen LogP contribution in [-0.4, -0.2) is 72.3 Å². The third-order valence-electron chi connectivity index (χ3n) is 6.60. The molecule has 0 radical (unpaired) electrons. The first-order valence-corrected chi connectivity index (χ1v) is 12.1. The van der Waals surface area contributed by atoms with E-state index in [9.17, 15) is 4.79 Å². The molecular weight excluding hydrogens is 430 g/mol. The molecule has 1 atom stereocenters. The van der Waals surface area contributed by atoms with Crippen molar-refractivity contribution in [1.82, 2.24) is 14.8 Å². The second-order valence-corrected chi connectivity index (χ2v) is 9.24. The summed E-state index contributed by atoms with van der Waals surface area (Å²) >= 11 is 0. The monoisotopic (exact) mass is 469 g/mol. The molecule has 34 heavy (non-hydrogen) atoms. The number of amides is 1. The molecule has 0 aromatic carbocycles. The zero-order valence-corrected chi connectivity index (χ0v) is 20.4. The lowest BCUT2D eigenvalue weighted by Gasteiger charge is -2.37. The summed E-state index contributed by atoms with van der Waals surface area (Å²) in [6, 6.07) is 3.68. The van der Waals surface area contributed by atoms with Crippen LogP contribution in [0.5, 0.6) is 0 Å². The van der Waals surface area contributed by atoms with E-state index in [2.05, 4.69) is 15.0 Å². The first-order valence-electron chi connectivity index (χ1n) is 12.1. The number of nitrogens with two attached hydrogens (primary N) is 3. The van der Waals surface area contributed by atoms with Gasteiger partial charge in [0.2, 0.25) is 5.91 Å². The number of oxime groups is 1. The van der Waals surface area contributed by atoms with Gasteiger partial charge in [0.25, 0.3) is 0 Å². The van der Waals surface area contributed by atoms with Crippen LogP contribution < -0.4 is 17.2 Å². The highest BCUT2D eigenvalue weighted by molar-refractivity contribution is 6.02. The normalized spacial score (nSPS) is 20.6. The van der Waals surface area contributed by atoms with E-state index in [0.717, 1.165) is 75.3 Å². The molecule has 9 nitrogen and oxygen atoms in total. The van der Waals surface area contributed by atoms with E-state index in [-0.39, 0.29) is 23.8 Å². The predicted molar refractivity (Wildman–Crippen MR) is 136 cm³/mol. The van der Waals surface area contributed by atoms with Crippen LogP contribution in [0.15, 0.2) is 47.4 Å². The number of nitrogen functional groups attached to an aromatic ring is 1. The Balaban J connectivity index is 1.51. The molecule has 0 bridgehead atoms. The molecular formula is C25H39N7O2. The molecule has 2 saturated heterocycles. The number of carbonyl (C=O) groups excluding carboxylic acids is 1. The fourth-order valence-electron chi connectivity index (χ4n) is 4.87. The van der Waals surface area contributed by atoms with Crippen molar-refractivity contribution >= 4 is 17.4 Å². The Kier molecular flexibility index (Phi) is 9.47. The Bertz CT molecular complexity index is 879. The van der Waals surface area contributed by atoms with Crippen molar-refractivity contribution in [3.05, 3.63) is 47.8 Å². The van der Waals surface area contributed by atoms with E-state index in [1.165, 1.54) is 0 Å². The van der Waals surface area contributed by atoms with Crippen molar-refractivity contribution in [2.24, 2.45) is 28.5 Å². The maximum absolute atomic E-state index is 13.2. The van der Waals surface area contributed by atoms with Crippen molar-refractivity contribution in [3.8, 4) is 0 Å². The SMILES string of the molecule is CON=C(c1ccc(N)nc1)C1CCN(C(=O)C2CCN(CC(/C=C\N)=C/C(C)N)CC2)CC1. The van der Waals surface area contributed by atoms with Crippen LogP contribution in [0.2, 0.25) is 0 Å². The van der Waals surface area contributed by atoms with Gasteiger partial charge in [0.05, 0.1) is 5.71 Å². The Morgan fingerprint density at radius 3 is 2.44 bits per heavy atom. The van der Waals surface area contributed by atoms with E-state index in [1.54, 1.807) is 25.6 Å². The van der Waals surface area contributed by atoms with E-state index in [1.807, 2.05) is 30.0 Å². The number of hydrogen-bond acceptors (Lipinski definition) is 8. The van der Waals surface area contributed by atoms with Crippen LogP contribution in [0.3, 0.4) is 0 Å². The fourth-order valence-corrected chi connectivity index (χ4v) is 4.87. The van der Waals surface area contributed by atoms with Gasteiger partial charge in [0.1, 0.15) is 12.9 Å². The largest absolute Gasteiger partial charge is 0.405 e. The standard InChI is InChI=1S/C25H39N7O2/c1-18(27)15-19(5-10-26)17-31-11-6-21(7-12-31)25(33)32-13-8-20(9-14-32)24(30-34-2)22-3-4-23(28)29-16-22/h3-5,10,15-16,18,20-21H,6-9,11-14,17,26-27H2,1-2H3,(H2,28,29)/b10-5-,19-15+,30-24?. The van der Waals surface area contributed by atoms with Gasteiger partial charge in [-0.1, -0.05) is 11.2 Å². The van der Waals surface area contributed by atoms with E-state index in [0.29, 0.717) is 5.82 Å². The van der Waals surface area contributed by atoms with Crippen molar-refractivity contribution in [3.63, 3.8) is 0 Å². The summed E-state index contributed by atoms with van der Waals surface area (Å²) in [5.41, 5.74) is 20.1. The Hall–Kier alpha value is -2.91. The van der Waals surface area contributed by atoms with Crippen molar-refractivity contribution in [2.45, 2.75) is 38.6 Å². The number of piperidine rings is 2. The third kappa shape index (κ3) is 7.04. The Morgan fingerprint density at radius 2 is 1.88 bits per heavy atom. The van der Waals surface area contributed by atoms with E-state index >= 15 is 0 Å². The minimum absolute atomic E-state index is 0.0148. The minimum Gasteiger partial charge on any atom is -0.405 e. The molecule has 0 spiro atoms. The number of likely N-dealkylation sites (tertiary alicyclic amines) is 2. The lowest BCUT2D eigenvalue weighted by molar-refractivity contribution is -0.138. The van der Waals surface area contributed by atoms with Crippen LogP contribution in [0.1, 0.15) is 38.2 Å². The molecule has 1 aromatic rings. The molecule has 3 heterocycles. The second kappa shape index (κ2) is 12.5. The highest BCUT2D eigenvalue weighted by atomic mass is 16.6. The van der Waals surface area contributed by atoms with Gasteiger partial charge < -0.3 is 26.9 Å². The molecule has 9 heteroatoms. The number of nitrogens with zero attached hydrogens (tertiary/aromatic N) is 4. The zero-order valence-electron chi connectivity index (χ0n) is 20.4. The van der Waals surface area contributed by atoms with Crippen molar-refractivity contribution < 1.29 is 9.63 Å². The number of carbonyl (C=O) groups is 1.